The molecule has 1 N–H and O–H groups in total. The van der Waals surface area contributed by atoms with Gasteiger partial charge in [-0.3, -0.25) is 0 Å². The van der Waals surface area contributed by atoms with Gasteiger partial charge in [-0.05, 0) is 58.4 Å². The Morgan fingerprint density at radius 1 is 1.16 bits per heavy atom. The molecule has 0 amide bonds. The van der Waals surface area contributed by atoms with Crippen LogP contribution in [0.3, 0.4) is 0 Å². The molecule has 0 aliphatic rings. The highest BCUT2D eigenvalue weighted by molar-refractivity contribution is 9.10. The first-order valence-corrected chi connectivity index (χ1v) is 7.16. The summed E-state index contributed by atoms with van der Waals surface area (Å²) in [5, 5.41) is 3.84. The van der Waals surface area contributed by atoms with E-state index in [2.05, 4.69) is 33.4 Å². The molecule has 0 atom stereocenters. The number of hydrogen-bond donors (Lipinski definition) is 1. The average Bonchev–Trinajstić information content (AvgIpc) is 2.38. The lowest BCUT2D eigenvalue weighted by atomic mass is 10.2. The minimum absolute atomic E-state index is 0.504. The number of halogens is 2. The van der Waals surface area contributed by atoms with Crippen molar-refractivity contribution in [2.45, 2.75) is 13.2 Å². The van der Waals surface area contributed by atoms with Gasteiger partial charge in [0.05, 0.1) is 4.47 Å². The molecular weight excluding hydrogens is 326 g/mol. The molecular formula is C15H15BrClNO. The summed E-state index contributed by atoms with van der Waals surface area (Å²) in [4.78, 5) is 0. The van der Waals surface area contributed by atoms with Gasteiger partial charge < -0.3 is 10.1 Å². The van der Waals surface area contributed by atoms with E-state index in [1.807, 2.05) is 37.4 Å². The summed E-state index contributed by atoms with van der Waals surface area (Å²) in [7, 11) is 1.93. The summed E-state index contributed by atoms with van der Waals surface area (Å²) in [5.74, 6) is 0.833. The first kappa shape index (κ1) is 14.4. The Balaban J connectivity index is 2.03. The third-order valence-corrected chi connectivity index (χ3v) is 3.52. The van der Waals surface area contributed by atoms with Gasteiger partial charge in [0.25, 0.3) is 0 Å². The van der Waals surface area contributed by atoms with Crippen molar-refractivity contribution in [3.05, 3.63) is 63.1 Å². The highest BCUT2D eigenvalue weighted by atomic mass is 79.9. The van der Waals surface area contributed by atoms with E-state index in [9.17, 15) is 0 Å². The zero-order valence-electron chi connectivity index (χ0n) is 10.6. The predicted octanol–water partition coefficient (Wildman–Crippen LogP) is 4.40. The lowest BCUT2D eigenvalue weighted by Gasteiger charge is -2.10. The lowest BCUT2D eigenvalue weighted by molar-refractivity contribution is 0.304. The van der Waals surface area contributed by atoms with Crippen molar-refractivity contribution in [2.24, 2.45) is 0 Å². The van der Waals surface area contributed by atoms with Gasteiger partial charge in [0.15, 0.2) is 0 Å². The van der Waals surface area contributed by atoms with Crippen LogP contribution in [0, 0.1) is 0 Å². The van der Waals surface area contributed by atoms with Gasteiger partial charge in [-0.1, -0.05) is 29.8 Å². The van der Waals surface area contributed by atoms with Crippen LogP contribution in [0.4, 0.5) is 0 Å². The van der Waals surface area contributed by atoms with Crippen molar-refractivity contribution in [3.8, 4) is 5.75 Å². The average molecular weight is 341 g/mol. The molecule has 2 aromatic rings. The Hall–Kier alpha value is -1.03. The van der Waals surface area contributed by atoms with Crippen LogP contribution in [-0.4, -0.2) is 7.05 Å². The zero-order valence-corrected chi connectivity index (χ0v) is 13.0. The lowest BCUT2D eigenvalue weighted by Crippen LogP contribution is -2.05. The van der Waals surface area contributed by atoms with E-state index >= 15 is 0 Å². The molecule has 0 saturated carbocycles. The van der Waals surface area contributed by atoms with Crippen LogP contribution in [0.15, 0.2) is 46.9 Å². The molecule has 0 aliphatic carbocycles. The summed E-state index contributed by atoms with van der Waals surface area (Å²) < 4.78 is 6.75. The highest BCUT2D eigenvalue weighted by Gasteiger charge is 2.03. The maximum Gasteiger partial charge on any atom is 0.134 e. The molecule has 0 fully saturated rings. The molecule has 0 radical (unpaired) electrons. The van der Waals surface area contributed by atoms with Crippen molar-refractivity contribution < 1.29 is 4.74 Å². The van der Waals surface area contributed by atoms with Crippen LogP contribution in [0.2, 0.25) is 5.02 Å². The molecule has 0 unspecified atom stereocenters. The fourth-order valence-corrected chi connectivity index (χ4v) is 2.52. The fourth-order valence-electron chi connectivity index (χ4n) is 1.76. The van der Waals surface area contributed by atoms with Gasteiger partial charge in [-0.15, -0.1) is 0 Å². The summed E-state index contributed by atoms with van der Waals surface area (Å²) in [6, 6.07) is 13.8. The Morgan fingerprint density at radius 2 is 2.00 bits per heavy atom. The van der Waals surface area contributed by atoms with Gasteiger partial charge in [0.2, 0.25) is 0 Å². The minimum Gasteiger partial charge on any atom is -0.488 e. The molecule has 2 nitrogen and oxygen atoms in total. The van der Waals surface area contributed by atoms with E-state index in [1.54, 1.807) is 0 Å². The number of hydrogen-bond acceptors (Lipinski definition) is 2. The Bertz CT molecular complexity index is 560. The van der Waals surface area contributed by atoms with Gasteiger partial charge in [-0.25, -0.2) is 0 Å². The standard InChI is InChI=1S/C15H15BrClNO/c1-18-9-11-5-6-15(14(16)8-11)19-10-12-3-2-4-13(17)7-12/h2-8,18H,9-10H2,1H3. The minimum atomic E-state index is 0.504. The smallest absolute Gasteiger partial charge is 0.134 e. The molecule has 0 heterocycles. The topological polar surface area (TPSA) is 21.3 Å². The van der Waals surface area contributed by atoms with Crippen molar-refractivity contribution in [2.75, 3.05) is 7.05 Å². The SMILES string of the molecule is CNCc1ccc(OCc2cccc(Cl)c2)c(Br)c1. The number of rotatable bonds is 5. The first-order chi connectivity index (χ1) is 9.19. The van der Waals surface area contributed by atoms with Crippen LogP contribution in [0.5, 0.6) is 5.75 Å². The van der Waals surface area contributed by atoms with Gasteiger partial charge >= 0.3 is 0 Å². The highest BCUT2D eigenvalue weighted by Crippen LogP contribution is 2.27. The number of ether oxygens (including phenoxy) is 1. The monoisotopic (exact) mass is 339 g/mol. The van der Waals surface area contributed by atoms with Gasteiger partial charge in [0, 0.05) is 11.6 Å². The quantitative estimate of drug-likeness (QED) is 0.871. The Morgan fingerprint density at radius 3 is 2.68 bits per heavy atom. The number of benzene rings is 2. The van der Waals surface area contributed by atoms with Crippen molar-refractivity contribution >= 4 is 27.5 Å². The molecule has 0 aromatic heterocycles. The molecule has 19 heavy (non-hydrogen) atoms. The second-order valence-corrected chi connectivity index (χ2v) is 5.50. The summed E-state index contributed by atoms with van der Waals surface area (Å²) in [6.45, 7) is 1.34. The molecule has 4 heteroatoms. The van der Waals surface area contributed by atoms with E-state index in [0.29, 0.717) is 6.61 Å². The van der Waals surface area contributed by atoms with Crippen molar-refractivity contribution in [3.63, 3.8) is 0 Å². The van der Waals surface area contributed by atoms with E-state index in [4.69, 9.17) is 16.3 Å². The third-order valence-electron chi connectivity index (χ3n) is 2.66. The van der Waals surface area contributed by atoms with E-state index in [-0.39, 0.29) is 0 Å². The van der Waals surface area contributed by atoms with Gasteiger partial charge in [0.1, 0.15) is 12.4 Å². The zero-order chi connectivity index (χ0) is 13.7. The first-order valence-electron chi connectivity index (χ1n) is 5.99. The molecule has 2 rings (SSSR count). The van der Waals surface area contributed by atoms with E-state index < -0.39 is 0 Å². The summed E-state index contributed by atoms with van der Waals surface area (Å²) in [5.41, 5.74) is 2.27. The summed E-state index contributed by atoms with van der Waals surface area (Å²) >= 11 is 9.47. The Labute approximate surface area is 126 Å². The van der Waals surface area contributed by atoms with E-state index in [1.165, 1.54) is 5.56 Å². The van der Waals surface area contributed by atoms with Crippen LogP contribution in [-0.2, 0) is 13.2 Å². The second-order valence-electron chi connectivity index (χ2n) is 4.21. The third kappa shape index (κ3) is 4.23. The van der Waals surface area contributed by atoms with Crippen LogP contribution in [0.25, 0.3) is 0 Å². The molecule has 100 valence electrons. The molecule has 2 aromatic carbocycles. The van der Waals surface area contributed by atoms with Crippen molar-refractivity contribution in [1.29, 1.82) is 0 Å². The number of nitrogens with one attached hydrogen (secondary N) is 1. The van der Waals surface area contributed by atoms with E-state index in [0.717, 1.165) is 27.4 Å². The second kappa shape index (κ2) is 6.94. The molecule has 0 saturated heterocycles. The van der Waals surface area contributed by atoms with Crippen LogP contribution >= 0.6 is 27.5 Å². The largest absolute Gasteiger partial charge is 0.488 e. The normalized spacial score (nSPS) is 10.5. The maximum atomic E-state index is 5.94. The van der Waals surface area contributed by atoms with Crippen molar-refractivity contribution in [1.82, 2.24) is 5.32 Å². The van der Waals surface area contributed by atoms with Crippen LogP contribution < -0.4 is 10.1 Å². The molecule has 0 spiro atoms. The molecule has 0 bridgehead atoms. The maximum absolute atomic E-state index is 5.94. The Kier molecular flexibility index (Phi) is 5.25. The summed E-state index contributed by atoms with van der Waals surface area (Å²) in [6.07, 6.45) is 0. The van der Waals surface area contributed by atoms with Gasteiger partial charge in [-0.2, -0.15) is 0 Å². The van der Waals surface area contributed by atoms with Crippen LogP contribution in [0.1, 0.15) is 11.1 Å². The predicted molar refractivity (Wildman–Crippen MR) is 82.7 cm³/mol. The fraction of sp³-hybridized carbons (Fsp3) is 0.200. The molecule has 0 aliphatic heterocycles.